The third-order valence-corrected chi connectivity index (χ3v) is 4.95. The van der Waals surface area contributed by atoms with Crippen LogP contribution in [0.4, 0.5) is 5.00 Å². The highest BCUT2D eigenvalue weighted by atomic mass is 32.1. The van der Waals surface area contributed by atoms with Crippen LogP contribution in [0, 0.1) is 11.3 Å². The van der Waals surface area contributed by atoms with E-state index in [9.17, 15) is 5.26 Å². The summed E-state index contributed by atoms with van der Waals surface area (Å²) in [6, 6.07) is 12.8. The minimum atomic E-state index is 0.683. The number of thiophene rings is 1. The molecular weight excluding hydrogens is 266 g/mol. The van der Waals surface area contributed by atoms with Crippen LogP contribution in [0.5, 0.6) is 0 Å². The third-order valence-electron chi connectivity index (χ3n) is 3.83. The van der Waals surface area contributed by atoms with Crippen LogP contribution < -0.4 is 5.73 Å². The van der Waals surface area contributed by atoms with Gasteiger partial charge in [0.2, 0.25) is 0 Å². The molecule has 0 saturated heterocycles. The maximum Gasteiger partial charge on any atom is 0.104 e. The molecule has 0 bridgehead atoms. The summed E-state index contributed by atoms with van der Waals surface area (Å²) in [5, 5.41) is 9.90. The average molecular weight is 283 g/mol. The van der Waals surface area contributed by atoms with E-state index in [1.807, 2.05) is 6.07 Å². The molecule has 0 saturated carbocycles. The van der Waals surface area contributed by atoms with Gasteiger partial charge < -0.3 is 5.73 Å². The second kappa shape index (κ2) is 5.66. The molecule has 2 N–H and O–H groups in total. The van der Waals surface area contributed by atoms with Crippen molar-refractivity contribution in [2.75, 3.05) is 18.8 Å². The van der Waals surface area contributed by atoms with Crippen LogP contribution in [-0.2, 0) is 19.4 Å². The Morgan fingerprint density at radius 1 is 1.30 bits per heavy atom. The van der Waals surface area contributed by atoms with Crippen LogP contribution in [0.15, 0.2) is 30.3 Å². The molecule has 0 atom stereocenters. The summed E-state index contributed by atoms with van der Waals surface area (Å²) < 4.78 is 0. The SMILES string of the molecule is N#Cc1c(N)sc2c1CN(CCc1ccccc1)CC2. The van der Waals surface area contributed by atoms with Crippen molar-refractivity contribution in [1.29, 1.82) is 5.26 Å². The Morgan fingerprint density at radius 2 is 2.10 bits per heavy atom. The number of hydrogen-bond donors (Lipinski definition) is 1. The molecule has 3 rings (SSSR count). The van der Waals surface area contributed by atoms with E-state index in [0.29, 0.717) is 10.6 Å². The maximum atomic E-state index is 9.22. The van der Waals surface area contributed by atoms with E-state index in [1.54, 1.807) is 11.3 Å². The molecule has 0 fully saturated rings. The van der Waals surface area contributed by atoms with Gasteiger partial charge in [0.15, 0.2) is 0 Å². The Morgan fingerprint density at radius 3 is 2.85 bits per heavy atom. The molecule has 102 valence electrons. The van der Waals surface area contributed by atoms with Gasteiger partial charge in [-0.15, -0.1) is 11.3 Å². The van der Waals surface area contributed by atoms with E-state index in [2.05, 4.69) is 35.2 Å². The van der Waals surface area contributed by atoms with E-state index in [-0.39, 0.29) is 0 Å². The number of nitrogens with two attached hydrogens (primary N) is 1. The second-order valence-electron chi connectivity index (χ2n) is 5.12. The van der Waals surface area contributed by atoms with Gasteiger partial charge in [-0.1, -0.05) is 30.3 Å². The van der Waals surface area contributed by atoms with E-state index < -0.39 is 0 Å². The zero-order valence-electron chi connectivity index (χ0n) is 11.3. The van der Waals surface area contributed by atoms with Gasteiger partial charge in [0.25, 0.3) is 0 Å². The molecule has 0 spiro atoms. The Bertz CT molecular complexity index is 640. The van der Waals surface area contributed by atoms with Crippen molar-refractivity contribution in [1.82, 2.24) is 4.90 Å². The summed E-state index contributed by atoms with van der Waals surface area (Å²) in [6.07, 6.45) is 2.07. The molecule has 1 aromatic heterocycles. The van der Waals surface area contributed by atoms with Crippen LogP contribution in [-0.4, -0.2) is 18.0 Å². The monoisotopic (exact) mass is 283 g/mol. The lowest BCUT2D eigenvalue weighted by molar-refractivity contribution is 0.259. The Balaban J connectivity index is 1.68. The van der Waals surface area contributed by atoms with Gasteiger partial charge in [-0.2, -0.15) is 5.26 Å². The highest BCUT2D eigenvalue weighted by Crippen LogP contribution is 2.34. The number of anilines is 1. The van der Waals surface area contributed by atoms with E-state index in [4.69, 9.17) is 5.73 Å². The standard InChI is InChI=1S/C16H17N3S/c17-10-13-14-11-19(9-7-15(14)20-16(13)18)8-6-12-4-2-1-3-5-12/h1-5H,6-9,11,18H2. The molecule has 4 heteroatoms. The van der Waals surface area contributed by atoms with Crippen molar-refractivity contribution in [3.8, 4) is 6.07 Å². The number of benzene rings is 1. The largest absolute Gasteiger partial charge is 0.389 e. The summed E-state index contributed by atoms with van der Waals surface area (Å²) in [5.74, 6) is 0. The molecule has 1 aliphatic heterocycles. The molecule has 2 heterocycles. The van der Waals surface area contributed by atoms with Crippen molar-refractivity contribution in [2.45, 2.75) is 19.4 Å². The second-order valence-corrected chi connectivity index (χ2v) is 6.25. The van der Waals surface area contributed by atoms with Crippen molar-refractivity contribution >= 4 is 16.3 Å². The number of fused-ring (bicyclic) bond motifs is 1. The van der Waals surface area contributed by atoms with Gasteiger partial charge >= 0.3 is 0 Å². The van der Waals surface area contributed by atoms with Crippen LogP contribution in [0.3, 0.4) is 0 Å². The first-order valence-corrected chi connectivity index (χ1v) is 7.66. The van der Waals surface area contributed by atoms with E-state index >= 15 is 0 Å². The predicted octanol–water partition coefficient (Wildman–Crippen LogP) is 2.80. The first-order valence-electron chi connectivity index (χ1n) is 6.84. The fourth-order valence-corrected chi connectivity index (χ4v) is 3.73. The summed E-state index contributed by atoms with van der Waals surface area (Å²) in [5.41, 5.74) is 9.15. The molecule has 0 radical (unpaired) electrons. The Kier molecular flexibility index (Phi) is 3.72. The molecule has 1 aliphatic rings. The van der Waals surface area contributed by atoms with E-state index in [0.717, 1.165) is 38.0 Å². The highest BCUT2D eigenvalue weighted by Gasteiger charge is 2.23. The van der Waals surface area contributed by atoms with E-state index in [1.165, 1.54) is 10.4 Å². The lowest BCUT2D eigenvalue weighted by Gasteiger charge is -2.26. The lowest BCUT2D eigenvalue weighted by atomic mass is 10.0. The molecule has 3 nitrogen and oxygen atoms in total. The molecule has 2 aromatic rings. The van der Waals surface area contributed by atoms with Crippen LogP contribution in [0.2, 0.25) is 0 Å². The zero-order valence-corrected chi connectivity index (χ0v) is 12.1. The van der Waals surface area contributed by atoms with Crippen molar-refractivity contribution in [2.24, 2.45) is 0 Å². The summed E-state index contributed by atoms with van der Waals surface area (Å²) in [6.45, 7) is 2.95. The summed E-state index contributed by atoms with van der Waals surface area (Å²) >= 11 is 1.59. The molecule has 0 unspecified atom stereocenters. The maximum absolute atomic E-state index is 9.22. The molecule has 0 amide bonds. The normalized spacial score (nSPS) is 14.8. The lowest BCUT2D eigenvalue weighted by Crippen LogP contribution is -2.31. The minimum absolute atomic E-state index is 0.683. The van der Waals surface area contributed by atoms with Crippen LogP contribution in [0.1, 0.15) is 21.6 Å². The highest BCUT2D eigenvalue weighted by molar-refractivity contribution is 7.16. The number of nitriles is 1. The molecule has 1 aromatic carbocycles. The molecular formula is C16H17N3S. The fraction of sp³-hybridized carbons (Fsp3) is 0.312. The summed E-state index contributed by atoms with van der Waals surface area (Å²) in [7, 11) is 0. The first kappa shape index (κ1) is 13.2. The predicted molar refractivity (Wildman–Crippen MR) is 82.6 cm³/mol. The topological polar surface area (TPSA) is 53.1 Å². The van der Waals surface area contributed by atoms with Crippen LogP contribution >= 0.6 is 11.3 Å². The van der Waals surface area contributed by atoms with Gasteiger partial charge in [-0.25, -0.2) is 0 Å². The minimum Gasteiger partial charge on any atom is -0.389 e. The average Bonchev–Trinajstić information content (AvgIpc) is 2.80. The third kappa shape index (κ3) is 2.55. The number of hydrogen-bond acceptors (Lipinski definition) is 4. The quantitative estimate of drug-likeness (QED) is 0.942. The number of rotatable bonds is 3. The van der Waals surface area contributed by atoms with Gasteiger partial charge in [-0.05, 0) is 18.4 Å². The fourth-order valence-electron chi connectivity index (χ4n) is 2.71. The van der Waals surface area contributed by atoms with Gasteiger partial charge in [0.05, 0.1) is 5.56 Å². The van der Waals surface area contributed by atoms with Gasteiger partial charge in [0, 0.05) is 30.1 Å². The first-order chi connectivity index (χ1) is 9.78. The Labute approximate surface area is 123 Å². The molecule has 20 heavy (non-hydrogen) atoms. The molecule has 0 aliphatic carbocycles. The van der Waals surface area contributed by atoms with Crippen molar-refractivity contribution < 1.29 is 0 Å². The zero-order chi connectivity index (χ0) is 13.9. The number of nitrogen functional groups attached to an aromatic ring is 1. The van der Waals surface area contributed by atoms with Crippen molar-refractivity contribution in [3.63, 3.8) is 0 Å². The smallest absolute Gasteiger partial charge is 0.104 e. The van der Waals surface area contributed by atoms with Gasteiger partial charge in [0.1, 0.15) is 11.1 Å². The van der Waals surface area contributed by atoms with Crippen LogP contribution in [0.25, 0.3) is 0 Å². The number of nitrogens with zero attached hydrogens (tertiary/aromatic N) is 2. The van der Waals surface area contributed by atoms with Gasteiger partial charge in [-0.3, -0.25) is 4.90 Å². The Hall–Kier alpha value is -1.83. The van der Waals surface area contributed by atoms with Crippen molar-refractivity contribution in [3.05, 3.63) is 51.9 Å². The summed E-state index contributed by atoms with van der Waals surface area (Å²) in [4.78, 5) is 3.72.